The lowest BCUT2D eigenvalue weighted by Crippen LogP contribution is -2.52. The maximum Gasteiger partial charge on any atom is 0.254 e. The van der Waals surface area contributed by atoms with Crippen LogP contribution in [0.3, 0.4) is 0 Å². The smallest absolute Gasteiger partial charge is 0.254 e. The third-order valence-electron chi connectivity index (χ3n) is 4.05. The molecule has 1 saturated heterocycles. The van der Waals surface area contributed by atoms with Crippen LogP contribution in [0.15, 0.2) is 42.7 Å². The standard InChI is InChI=1S/C17H19FN2O3/c1-12-11-23-14(10-21)9-20(12)17(22)13-4-5-16(15(18)8-13)19-6-2-3-7-19/h2-8,12,14,21H,9-11H2,1H3. The summed E-state index contributed by atoms with van der Waals surface area (Å²) in [7, 11) is 0. The third kappa shape index (κ3) is 3.13. The summed E-state index contributed by atoms with van der Waals surface area (Å²) in [5, 5.41) is 9.21. The molecule has 1 aliphatic rings. The Kier molecular flexibility index (Phi) is 4.45. The molecular formula is C17H19FN2O3. The van der Waals surface area contributed by atoms with Gasteiger partial charge in [0.25, 0.3) is 5.91 Å². The van der Waals surface area contributed by atoms with E-state index in [-0.39, 0.29) is 24.7 Å². The van der Waals surface area contributed by atoms with E-state index in [4.69, 9.17) is 4.74 Å². The summed E-state index contributed by atoms with van der Waals surface area (Å²) >= 11 is 0. The zero-order valence-electron chi connectivity index (χ0n) is 12.9. The Labute approximate surface area is 133 Å². The number of carbonyl (C=O) groups excluding carboxylic acids is 1. The molecule has 122 valence electrons. The van der Waals surface area contributed by atoms with Gasteiger partial charge in [-0.05, 0) is 37.3 Å². The Morgan fingerprint density at radius 3 is 2.78 bits per heavy atom. The normalized spacial score (nSPS) is 21.4. The maximum atomic E-state index is 14.3. The summed E-state index contributed by atoms with van der Waals surface area (Å²) < 4.78 is 21.4. The molecule has 1 N–H and O–H groups in total. The number of aliphatic hydroxyl groups excluding tert-OH is 1. The van der Waals surface area contributed by atoms with Crippen LogP contribution in [0, 0.1) is 5.82 Å². The third-order valence-corrected chi connectivity index (χ3v) is 4.05. The van der Waals surface area contributed by atoms with E-state index in [0.29, 0.717) is 24.4 Å². The molecule has 23 heavy (non-hydrogen) atoms. The molecule has 1 amide bonds. The molecule has 1 aromatic heterocycles. The van der Waals surface area contributed by atoms with E-state index in [9.17, 15) is 14.3 Å². The van der Waals surface area contributed by atoms with Gasteiger partial charge in [0.05, 0.1) is 31.0 Å². The van der Waals surface area contributed by atoms with Crippen molar-refractivity contribution in [1.82, 2.24) is 9.47 Å². The molecule has 5 nitrogen and oxygen atoms in total. The largest absolute Gasteiger partial charge is 0.394 e. The van der Waals surface area contributed by atoms with E-state index >= 15 is 0 Å². The second-order valence-electron chi connectivity index (χ2n) is 5.70. The van der Waals surface area contributed by atoms with Crippen LogP contribution in [0.5, 0.6) is 0 Å². The molecule has 0 saturated carbocycles. The van der Waals surface area contributed by atoms with Gasteiger partial charge in [-0.1, -0.05) is 0 Å². The van der Waals surface area contributed by atoms with Gasteiger partial charge >= 0.3 is 0 Å². The molecule has 2 aromatic rings. The maximum absolute atomic E-state index is 14.3. The van der Waals surface area contributed by atoms with Crippen molar-refractivity contribution < 1.29 is 19.0 Å². The number of nitrogens with zero attached hydrogens (tertiary/aromatic N) is 2. The summed E-state index contributed by atoms with van der Waals surface area (Å²) in [5.41, 5.74) is 0.693. The molecule has 1 fully saturated rings. The van der Waals surface area contributed by atoms with Crippen molar-refractivity contribution in [1.29, 1.82) is 0 Å². The highest BCUT2D eigenvalue weighted by Crippen LogP contribution is 2.19. The number of ether oxygens (including phenoxy) is 1. The van der Waals surface area contributed by atoms with Crippen molar-refractivity contribution in [2.24, 2.45) is 0 Å². The topological polar surface area (TPSA) is 54.7 Å². The molecule has 0 spiro atoms. The van der Waals surface area contributed by atoms with E-state index in [1.54, 1.807) is 34.0 Å². The van der Waals surface area contributed by atoms with Crippen molar-refractivity contribution in [2.45, 2.75) is 19.1 Å². The Balaban J connectivity index is 1.83. The Hall–Kier alpha value is -2.18. The van der Waals surface area contributed by atoms with E-state index in [1.165, 1.54) is 6.07 Å². The SMILES string of the molecule is CC1COC(CO)CN1C(=O)c1ccc(-n2cccc2)c(F)c1. The molecule has 0 radical (unpaired) electrons. The molecule has 1 aromatic carbocycles. The van der Waals surface area contributed by atoms with Crippen LogP contribution >= 0.6 is 0 Å². The van der Waals surface area contributed by atoms with Crippen molar-refractivity contribution in [2.75, 3.05) is 19.8 Å². The molecule has 2 atom stereocenters. The number of halogens is 1. The second-order valence-corrected chi connectivity index (χ2v) is 5.70. The van der Waals surface area contributed by atoms with Crippen LogP contribution in [0.25, 0.3) is 5.69 Å². The first-order valence-corrected chi connectivity index (χ1v) is 7.56. The molecule has 1 aliphatic heterocycles. The van der Waals surface area contributed by atoms with Crippen molar-refractivity contribution in [3.05, 3.63) is 54.1 Å². The number of hydrogen-bond acceptors (Lipinski definition) is 3. The van der Waals surface area contributed by atoms with E-state index in [2.05, 4.69) is 0 Å². The van der Waals surface area contributed by atoms with Gasteiger partial charge in [0.15, 0.2) is 0 Å². The van der Waals surface area contributed by atoms with Gasteiger partial charge in [0.2, 0.25) is 0 Å². The van der Waals surface area contributed by atoms with Gasteiger partial charge < -0.3 is 19.3 Å². The monoisotopic (exact) mass is 318 g/mol. The zero-order chi connectivity index (χ0) is 16.4. The lowest BCUT2D eigenvalue weighted by molar-refractivity contribution is -0.0667. The van der Waals surface area contributed by atoms with Gasteiger partial charge in [-0.25, -0.2) is 4.39 Å². The molecule has 2 heterocycles. The van der Waals surface area contributed by atoms with Gasteiger partial charge in [-0.3, -0.25) is 4.79 Å². The first kappa shape index (κ1) is 15.7. The van der Waals surface area contributed by atoms with Crippen LogP contribution in [0.4, 0.5) is 4.39 Å². The minimum absolute atomic E-state index is 0.113. The summed E-state index contributed by atoms with van der Waals surface area (Å²) in [6, 6.07) is 7.98. The Bertz CT molecular complexity index is 687. The van der Waals surface area contributed by atoms with Gasteiger partial charge in [-0.15, -0.1) is 0 Å². The highest BCUT2D eigenvalue weighted by molar-refractivity contribution is 5.94. The number of rotatable bonds is 3. The molecule has 2 unspecified atom stereocenters. The molecule has 0 bridgehead atoms. The highest BCUT2D eigenvalue weighted by atomic mass is 19.1. The van der Waals surface area contributed by atoms with Gasteiger partial charge in [0, 0.05) is 24.5 Å². The minimum Gasteiger partial charge on any atom is -0.394 e. The predicted octanol–water partition coefficient (Wildman–Crippen LogP) is 1.84. The number of benzene rings is 1. The second kappa shape index (κ2) is 6.52. The molecule has 3 rings (SSSR count). The van der Waals surface area contributed by atoms with Crippen LogP contribution < -0.4 is 0 Å². The van der Waals surface area contributed by atoms with Crippen LogP contribution in [0.2, 0.25) is 0 Å². The number of carbonyl (C=O) groups is 1. The number of hydrogen-bond donors (Lipinski definition) is 1. The summed E-state index contributed by atoms with van der Waals surface area (Å²) in [5.74, 6) is -0.705. The summed E-state index contributed by atoms with van der Waals surface area (Å²) in [6.07, 6.45) is 3.10. The first-order valence-electron chi connectivity index (χ1n) is 7.56. The van der Waals surface area contributed by atoms with Crippen molar-refractivity contribution in [3.63, 3.8) is 0 Å². The highest BCUT2D eigenvalue weighted by Gasteiger charge is 2.30. The quantitative estimate of drug-likeness (QED) is 0.939. The van der Waals surface area contributed by atoms with Gasteiger partial charge in [-0.2, -0.15) is 0 Å². The molecule has 0 aliphatic carbocycles. The lowest BCUT2D eigenvalue weighted by Gasteiger charge is -2.37. The minimum atomic E-state index is -0.452. The fourth-order valence-corrected chi connectivity index (χ4v) is 2.72. The average molecular weight is 318 g/mol. The fourth-order valence-electron chi connectivity index (χ4n) is 2.72. The number of morpholine rings is 1. The van der Waals surface area contributed by atoms with Gasteiger partial charge in [0.1, 0.15) is 5.82 Å². The number of aliphatic hydroxyl groups is 1. The molecule has 6 heteroatoms. The number of amides is 1. The Morgan fingerprint density at radius 1 is 1.39 bits per heavy atom. The van der Waals surface area contributed by atoms with Crippen LogP contribution in [-0.4, -0.2) is 52.4 Å². The fraction of sp³-hybridized carbons (Fsp3) is 0.353. The number of aromatic nitrogens is 1. The van der Waals surface area contributed by atoms with Crippen LogP contribution in [0.1, 0.15) is 17.3 Å². The summed E-state index contributed by atoms with van der Waals surface area (Å²) in [6.45, 7) is 2.39. The Morgan fingerprint density at radius 2 is 2.13 bits per heavy atom. The van der Waals surface area contributed by atoms with E-state index in [0.717, 1.165) is 0 Å². The van der Waals surface area contributed by atoms with Crippen molar-refractivity contribution >= 4 is 5.91 Å². The van der Waals surface area contributed by atoms with Crippen molar-refractivity contribution in [3.8, 4) is 5.69 Å². The summed E-state index contributed by atoms with van der Waals surface area (Å²) in [4.78, 5) is 14.3. The van der Waals surface area contributed by atoms with E-state index < -0.39 is 5.82 Å². The predicted molar refractivity (Wildman–Crippen MR) is 83.1 cm³/mol. The zero-order valence-corrected chi connectivity index (χ0v) is 12.9. The first-order chi connectivity index (χ1) is 11.1. The van der Waals surface area contributed by atoms with Crippen LogP contribution in [-0.2, 0) is 4.74 Å². The average Bonchev–Trinajstić information content (AvgIpc) is 3.09. The molecular weight excluding hydrogens is 299 g/mol. The lowest BCUT2D eigenvalue weighted by atomic mass is 10.1. The van der Waals surface area contributed by atoms with E-state index in [1.807, 2.05) is 19.1 Å².